The average molecular weight is 252 g/mol. The van der Waals surface area contributed by atoms with Crippen LogP contribution < -0.4 is 0 Å². The van der Waals surface area contributed by atoms with Crippen LogP contribution in [0.3, 0.4) is 0 Å². The summed E-state index contributed by atoms with van der Waals surface area (Å²) in [4.78, 5) is 0. The zero-order chi connectivity index (χ0) is 13.2. The lowest BCUT2D eigenvalue weighted by molar-refractivity contribution is 0.627. The number of halogens is 1. The highest BCUT2D eigenvalue weighted by Gasteiger charge is 2.07. The molecule has 0 saturated heterocycles. The molecule has 2 nitrogen and oxygen atoms in total. The second kappa shape index (κ2) is 4.76. The van der Waals surface area contributed by atoms with Crippen LogP contribution >= 0.6 is 0 Å². The van der Waals surface area contributed by atoms with Crippen LogP contribution in [0.4, 0.5) is 4.39 Å². The first-order valence-corrected chi connectivity index (χ1v) is 6.19. The Morgan fingerprint density at radius 2 is 1.58 bits per heavy atom. The van der Waals surface area contributed by atoms with Gasteiger partial charge in [-0.05, 0) is 24.6 Å². The van der Waals surface area contributed by atoms with Crippen molar-refractivity contribution >= 4 is 10.8 Å². The Kier molecular flexibility index (Phi) is 2.95. The third-order valence-corrected chi connectivity index (χ3v) is 3.23. The maximum absolute atomic E-state index is 12.9. The van der Waals surface area contributed by atoms with E-state index in [2.05, 4.69) is 16.3 Å². The summed E-state index contributed by atoms with van der Waals surface area (Å²) < 4.78 is 12.9. The fraction of sp³-hybridized carbons (Fsp3) is 0.125. The average Bonchev–Trinajstić information content (AvgIpc) is 2.45. The summed E-state index contributed by atoms with van der Waals surface area (Å²) in [5.74, 6) is -0.219. The van der Waals surface area contributed by atoms with Crippen molar-refractivity contribution in [1.82, 2.24) is 10.2 Å². The van der Waals surface area contributed by atoms with E-state index < -0.39 is 0 Å². The maximum Gasteiger partial charge on any atom is 0.123 e. The Labute approximate surface area is 110 Å². The summed E-state index contributed by atoms with van der Waals surface area (Å²) in [7, 11) is 0. The highest BCUT2D eigenvalue weighted by Crippen LogP contribution is 2.20. The highest BCUT2D eigenvalue weighted by atomic mass is 19.1. The molecule has 0 atom stereocenters. The summed E-state index contributed by atoms with van der Waals surface area (Å²) in [6.45, 7) is 1.96. The molecule has 0 aliphatic carbocycles. The minimum atomic E-state index is -0.219. The van der Waals surface area contributed by atoms with Crippen molar-refractivity contribution in [3.05, 3.63) is 71.3 Å². The molecule has 0 fully saturated rings. The van der Waals surface area contributed by atoms with Gasteiger partial charge in [0.25, 0.3) is 0 Å². The number of aromatic nitrogens is 2. The lowest BCUT2D eigenvalue weighted by Crippen LogP contribution is -1.99. The number of fused-ring (bicyclic) bond motifs is 1. The van der Waals surface area contributed by atoms with Crippen molar-refractivity contribution in [2.75, 3.05) is 0 Å². The van der Waals surface area contributed by atoms with Crippen molar-refractivity contribution in [3.8, 4) is 0 Å². The van der Waals surface area contributed by atoms with Crippen molar-refractivity contribution in [1.29, 1.82) is 0 Å². The lowest BCUT2D eigenvalue weighted by atomic mass is 10.0. The van der Waals surface area contributed by atoms with Gasteiger partial charge < -0.3 is 0 Å². The van der Waals surface area contributed by atoms with Crippen molar-refractivity contribution in [2.45, 2.75) is 13.3 Å². The topological polar surface area (TPSA) is 25.8 Å². The third kappa shape index (κ3) is 2.32. The summed E-state index contributed by atoms with van der Waals surface area (Å²) in [5, 5.41) is 10.7. The van der Waals surface area contributed by atoms with Crippen LogP contribution in [0.15, 0.2) is 48.5 Å². The number of nitrogens with zero attached hydrogens (tertiary/aromatic N) is 2. The third-order valence-electron chi connectivity index (χ3n) is 3.23. The predicted molar refractivity (Wildman–Crippen MR) is 73.5 cm³/mol. The van der Waals surface area contributed by atoms with E-state index in [0.717, 1.165) is 27.7 Å². The molecule has 3 rings (SSSR count). The molecule has 0 spiro atoms. The van der Waals surface area contributed by atoms with Crippen LogP contribution in [0.5, 0.6) is 0 Å². The molecule has 19 heavy (non-hydrogen) atoms. The number of aryl methyl sites for hydroxylation is 1. The molecular weight excluding hydrogens is 239 g/mol. The van der Waals surface area contributed by atoms with Gasteiger partial charge in [-0.15, -0.1) is 0 Å². The van der Waals surface area contributed by atoms with Gasteiger partial charge >= 0.3 is 0 Å². The molecule has 2 aromatic carbocycles. The van der Waals surface area contributed by atoms with E-state index in [0.29, 0.717) is 6.42 Å². The normalized spacial score (nSPS) is 10.8. The van der Waals surface area contributed by atoms with Gasteiger partial charge in [0, 0.05) is 17.2 Å². The minimum Gasteiger partial charge on any atom is -0.207 e. The van der Waals surface area contributed by atoms with Crippen LogP contribution in [-0.4, -0.2) is 10.2 Å². The molecule has 1 aromatic heterocycles. The molecule has 94 valence electrons. The van der Waals surface area contributed by atoms with Crippen LogP contribution in [0, 0.1) is 12.7 Å². The quantitative estimate of drug-likeness (QED) is 0.695. The van der Waals surface area contributed by atoms with Crippen LogP contribution in [-0.2, 0) is 6.42 Å². The van der Waals surface area contributed by atoms with Crippen LogP contribution in [0.25, 0.3) is 10.8 Å². The molecule has 0 unspecified atom stereocenters. The Bertz CT molecular complexity index is 720. The van der Waals surface area contributed by atoms with Crippen molar-refractivity contribution < 1.29 is 4.39 Å². The van der Waals surface area contributed by atoms with Gasteiger partial charge in [-0.25, -0.2) is 4.39 Å². The van der Waals surface area contributed by atoms with Gasteiger partial charge in [-0.1, -0.05) is 36.4 Å². The maximum atomic E-state index is 12.9. The van der Waals surface area contributed by atoms with Gasteiger partial charge in [-0.2, -0.15) is 10.2 Å². The van der Waals surface area contributed by atoms with Gasteiger partial charge in [0.15, 0.2) is 0 Å². The van der Waals surface area contributed by atoms with E-state index in [-0.39, 0.29) is 5.82 Å². The lowest BCUT2D eigenvalue weighted by Gasteiger charge is -2.07. The van der Waals surface area contributed by atoms with Crippen molar-refractivity contribution in [2.24, 2.45) is 0 Å². The van der Waals surface area contributed by atoms with E-state index in [1.165, 1.54) is 12.1 Å². The molecule has 0 bridgehead atoms. The summed E-state index contributed by atoms with van der Waals surface area (Å²) in [6.07, 6.45) is 0.661. The molecule has 0 N–H and O–H groups in total. The predicted octanol–water partition coefficient (Wildman–Crippen LogP) is 3.67. The molecule has 0 aliphatic rings. The number of hydrogen-bond donors (Lipinski definition) is 0. The number of benzene rings is 2. The smallest absolute Gasteiger partial charge is 0.123 e. The summed E-state index contributed by atoms with van der Waals surface area (Å²) in [6, 6.07) is 14.6. The standard InChI is InChI=1S/C16H13FN2/c1-11-14-4-2-3-5-15(14)16(19-18-11)10-12-6-8-13(17)9-7-12/h2-9H,10H2,1H3. The van der Waals surface area contributed by atoms with Gasteiger partial charge in [0.05, 0.1) is 11.4 Å². The molecule has 3 heteroatoms. The van der Waals surface area contributed by atoms with E-state index >= 15 is 0 Å². The van der Waals surface area contributed by atoms with Gasteiger partial charge in [0.1, 0.15) is 5.82 Å². The van der Waals surface area contributed by atoms with E-state index in [1.807, 2.05) is 25.1 Å². The number of rotatable bonds is 2. The second-order valence-electron chi connectivity index (χ2n) is 4.58. The molecule has 3 aromatic rings. The SMILES string of the molecule is Cc1nnc(Cc2ccc(F)cc2)c2ccccc12. The number of hydrogen-bond acceptors (Lipinski definition) is 2. The summed E-state index contributed by atoms with van der Waals surface area (Å²) in [5.41, 5.74) is 2.89. The molecule has 1 heterocycles. The van der Waals surface area contributed by atoms with Gasteiger partial charge in [-0.3, -0.25) is 0 Å². The fourth-order valence-corrected chi connectivity index (χ4v) is 2.22. The second-order valence-corrected chi connectivity index (χ2v) is 4.58. The molecular formula is C16H13FN2. The minimum absolute atomic E-state index is 0.219. The first kappa shape index (κ1) is 11.8. The van der Waals surface area contributed by atoms with Crippen LogP contribution in [0.1, 0.15) is 17.0 Å². The zero-order valence-electron chi connectivity index (χ0n) is 10.6. The molecule has 0 aliphatic heterocycles. The van der Waals surface area contributed by atoms with E-state index in [1.54, 1.807) is 12.1 Å². The first-order chi connectivity index (χ1) is 9.24. The Balaban J connectivity index is 2.06. The van der Waals surface area contributed by atoms with E-state index in [9.17, 15) is 4.39 Å². The Morgan fingerprint density at radius 3 is 2.32 bits per heavy atom. The Hall–Kier alpha value is -2.29. The fourth-order valence-electron chi connectivity index (χ4n) is 2.22. The summed E-state index contributed by atoms with van der Waals surface area (Å²) >= 11 is 0. The zero-order valence-corrected chi connectivity index (χ0v) is 10.6. The molecule has 0 saturated carbocycles. The van der Waals surface area contributed by atoms with Crippen molar-refractivity contribution in [3.63, 3.8) is 0 Å². The first-order valence-electron chi connectivity index (χ1n) is 6.19. The van der Waals surface area contributed by atoms with Gasteiger partial charge in [0.2, 0.25) is 0 Å². The Morgan fingerprint density at radius 1 is 0.895 bits per heavy atom. The molecule has 0 amide bonds. The highest BCUT2D eigenvalue weighted by molar-refractivity contribution is 5.86. The van der Waals surface area contributed by atoms with E-state index in [4.69, 9.17) is 0 Å². The monoisotopic (exact) mass is 252 g/mol. The molecule has 0 radical (unpaired) electrons. The van der Waals surface area contributed by atoms with Crippen LogP contribution in [0.2, 0.25) is 0 Å². The largest absolute Gasteiger partial charge is 0.207 e.